The number of hydrogen-bond donors (Lipinski definition) is 2. The number of rotatable bonds is 3. The molecule has 1 fully saturated rings. The lowest BCUT2D eigenvalue weighted by atomic mass is 9.97. The summed E-state index contributed by atoms with van der Waals surface area (Å²) in [6, 6.07) is 6.89. The summed E-state index contributed by atoms with van der Waals surface area (Å²) in [5, 5.41) is 13.0. The van der Waals surface area contributed by atoms with Gasteiger partial charge in [0.1, 0.15) is 5.75 Å². The van der Waals surface area contributed by atoms with Crippen molar-refractivity contribution in [3.8, 4) is 5.75 Å². The number of methoxy groups -OCH3 is 1. The summed E-state index contributed by atoms with van der Waals surface area (Å²) in [5.41, 5.74) is -0.162. The number of nitrogens with zero attached hydrogens (tertiary/aromatic N) is 1. The summed E-state index contributed by atoms with van der Waals surface area (Å²) < 4.78 is 5.08. The Morgan fingerprint density at radius 1 is 1.40 bits per heavy atom. The first kappa shape index (κ1) is 14.7. The Balaban J connectivity index is 2.03. The van der Waals surface area contributed by atoms with E-state index in [9.17, 15) is 9.90 Å². The van der Waals surface area contributed by atoms with Gasteiger partial charge in [0.05, 0.1) is 18.8 Å². The third kappa shape index (κ3) is 3.22. The normalized spacial score (nSPS) is 19.0. The second-order valence-electron chi connectivity index (χ2n) is 5.66. The summed E-state index contributed by atoms with van der Waals surface area (Å²) in [7, 11) is 1.60. The molecule has 20 heavy (non-hydrogen) atoms. The molecule has 0 spiro atoms. The van der Waals surface area contributed by atoms with E-state index in [4.69, 9.17) is 4.74 Å². The standard InChI is InChI=1S/C15H22N2O3/c1-15(2,19)13-5-4-10-17(13)14(18)16-11-6-8-12(20-3)9-7-11/h6-9,13,19H,4-5,10H2,1-3H3,(H,16,18). The molecule has 110 valence electrons. The van der Waals surface area contributed by atoms with E-state index in [-0.39, 0.29) is 12.1 Å². The fourth-order valence-electron chi connectivity index (χ4n) is 2.61. The molecule has 1 saturated heterocycles. The van der Waals surface area contributed by atoms with Gasteiger partial charge in [-0.2, -0.15) is 0 Å². The highest BCUT2D eigenvalue weighted by molar-refractivity contribution is 5.89. The van der Waals surface area contributed by atoms with Gasteiger partial charge in [0.25, 0.3) is 0 Å². The van der Waals surface area contributed by atoms with Crippen LogP contribution >= 0.6 is 0 Å². The van der Waals surface area contributed by atoms with Crippen LogP contribution < -0.4 is 10.1 Å². The lowest BCUT2D eigenvalue weighted by Crippen LogP contribution is -2.49. The average molecular weight is 278 g/mol. The molecule has 2 amide bonds. The minimum atomic E-state index is -0.881. The van der Waals surface area contributed by atoms with Crippen LogP contribution in [0.4, 0.5) is 10.5 Å². The van der Waals surface area contributed by atoms with Gasteiger partial charge in [-0.05, 0) is 51.0 Å². The molecule has 1 aromatic rings. The van der Waals surface area contributed by atoms with Gasteiger partial charge in [0, 0.05) is 12.2 Å². The third-order valence-electron chi connectivity index (χ3n) is 3.67. The van der Waals surface area contributed by atoms with Crippen LogP contribution in [0.3, 0.4) is 0 Å². The molecule has 2 N–H and O–H groups in total. The Labute approximate surface area is 119 Å². The predicted octanol–water partition coefficient (Wildman–Crippen LogP) is 2.46. The van der Waals surface area contributed by atoms with E-state index in [0.717, 1.165) is 24.3 Å². The smallest absolute Gasteiger partial charge is 0.322 e. The van der Waals surface area contributed by atoms with E-state index in [1.807, 2.05) is 0 Å². The zero-order valence-corrected chi connectivity index (χ0v) is 12.2. The summed E-state index contributed by atoms with van der Waals surface area (Å²) in [6.07, 6.45) is 1.75. The second kappa shape index (κ2) is 5.71. The number of benzene rings is 1. The van der Waals surface area contributed by atoms with Gasteiger partial charge in [0.15, 0.2) is 0 Å². The van der Waals surface area contributed by atoms with Gasteiger partial charge in [-0.25, -0.2) is 4.79 Å². The number of hydrogen-bond acceptors (Lipinski definition) is 3. The quantitative estimate of drug-likeness (QED) is 0.893. The summed E-state index contributed by atoms with van der Waals surface area (Å²) in [4.78, 5) is 14.0. The summed E-state index contributed by atoms with van der Waals surface area (Å²) >= 11 is 0. The Kier molecular flexibility index (Phi) is 4.18. The molecule has 0 aromatic heterocycles. The number of urea groups is 1. The number of nitrogens with one attached hydrogen (secondary N) is 1. The van der Waals surface area contributed by atoms with Crippen LogP contribution in [-0.2, 0) is 0 Å². The molecule has 5 heteroatoms. The highest BCUT2D eigenvalue weighted by atomic mass is 16.5. The van der Waals surface area contributed by atoms with Gasteiger partial charge in [-0.15, -0.1) is 0 Å². The zero-order chi connectivity index (χ0) is 14.8. The van der Waals surface area contributed by atoms with Crippen LogP contribution in [0, 0.1) is 0 Å². The molecule has 1 atom stereocenters. The van der Waals surface area contributed by atoms with Crippen LogP contribution in [-0.4, -0.2) is 41.3 Å². The zero-order valence-electron chi connectivity index (χ0n) is 12.2. The van der Waals surface area contributed by atoms with Crippen molar-refractivity contribution in [2.24, 2.45) is 0 Å². The highest BCUT2D eigenvalue weighted by Gasteiger charge is 2.38. The molecular weight excluding hydrogens is 256 g/mol. The first-order valence-electron chi connectivity index (χ1n) is 6.86. The van der Waals surface area contributed by atoms with Crippen LogP contribution in [0.15, 0.2) is 24.3 Å². The monoisotopic (exact) mass is 278 g/mol. The van der Waals surface area contributed by atoms with E-state index in [2.05, 4.69) is 5.32 Å². The molecule has 0 saturated carbocycles. The van der Waals surface area contributed by atoms with Crippen molar-refractivity contribution in [1.82, 2.24) is 4.90 Å². The Bertz CT molecular complexity index is 465. The molecule has 1 aliphatic rings. The van der Waals surface area contributed by atoms with Crippen molar-refractivity contribution >= 4 is 11.7 Å². The van der Waals surface area contributed by atoms with Crippen molar-refractivity contribution < 1.29 is 14.6 Å². The molecule has 0 bridgehead atoms. The van der Waals surface area contributed by atoms with Crippen molar-refractivity contribution in [3.63, 3.8) is 0 Å². The van der Waals surface area contributed by atoms with E-state index >= 15 is 0 Å². The molecule has 0 aliphatic carbocycles. The van der Waals surface area contributed by atoms with Crippen molar-refractivity contribution in [2.75, 3.05) is 19.0 Å². The van der Waals surface area contributed by atoms with Crippen molar-refractivity contribution in [1.29, 1.82) is 0 Å². The maximum atomic E-state index is 12.3. The largest absolute Gasteiger partial charge is 0.497 e. The molecule has 5 nitrogen and oxygen atoms in total. The SMILES string of the molecule is COc1ccc(NC(=O)N2CCCC2C(C)(C)O)cc1. The van der Waals surface area contributed by atoms with Crippen molar-refractivity contribution in [3.05, 3.63) is 24.3 Å². The van der Waals surface area contributed by atoms with Gasteiger partial charge in [-0.3, -0.25) is 0 Å². The van der Waals surface area contributed by atoms with Gasteiger partial charge >= 0.3 is 6.03 Å². The van der Waals surface area contributed by atoms with Gasteiger partial charge in [-0.1, -0.05) is 0 Å². The van der Waals surface area contributed by atoms with Crippen molar-refractivity contribution in [2.45, 2.75) is 38.3 Å². The number of anilines is 1. The first-order valence-corrected chi connectivity index (χ1v) is 6.86. The van der Waals surface area contributed by atoms with Crippen LogP contribution in [0.25, 0.3) is 0 Å². The maximum Gasteiger partial charge on any atom is 0.322 e. The topological polar surface area (TPSA) is 61.8 Å². The minimum absolute atomic E-state index is 0.138. The number of amides is 2. The first-order chi connectivity index (χ1) is 9.41. The number of aliphatic hydroxyl groups is 1. The maximum absolute atomic E-state index is 12.3. The van der Waals surface area contributed by atoms with Crippen LogP contribution in [0.5, 0.6) is 5.75 Å². The lowest BCUT2D eigenvalue weighted by Gasteiger charge is -2.33. The highest BCUT2D eigenvalue weighted by Crippen LogP contribution is 2.27. The van der Waals surface area contributed by atoms with Gasteiger partial charge < -0.3 is 20.1 Å². The molecular formula is C15H22N2O3. The van der Waals surface area contributed by atoms with E-state index < -0.39 is 5.60 Å². The fourth-order valence-corrected chi connectivity index (χ4v) is 2.61. The Morgan fingerprint density at radius 3 is 2.60 bits per heavy atom. The molecule has 1 heterocycles. The van der Waals surface area contributed by atoms with Crippen LogP contribution in [0.2, 0.25) is 0 Å². The lowest BCUT2D eigenvalue weighted by molar-refractivity contribution is 0.0117. The number of carbonyl (C=O) groups is 1. The van der Waals surface area contributed by atoms with E-state index in [1.165, 1.54) is 0 Å². The van der Waals surface area contributed by atoms with E-state index in [1.54, 1.807) is 50.1 Å². The minimum Gasteiger partial charge on any atom is -0.497 e. The third-order valence-corrected chi connectivity index (χ3v) is 3.67. The molecule has 2 rings (SSSR count). The number of carbonyl (C=O) groups excluding carboxylic acids is 1. The molecule has 1 unspecified atom stereocenters. The molecule has 0 radical (unpaired) electrons. The predicted molar refractivity (Wildman–Crippen MR) is 78.0 cm³/mol. The molecule has 1 aromatic carbocycles. The molecule has 1 aliphatic heterocycles. The van der Waals surface area contributed by atoms with E-state index in [0.29, 0.717) is 6.54 Å². The number of ether oxygens (including phenoxy) is 1. The van der Waals surface area contributed by atoms with Crippen LogP contribution in [0.1, 0.15) is 26.7 Å². The second-order valence-corrected chi connectivity index (χ2v) is 5.66. The Hall–Kier alpha value is -1.75. The fraction of sp³-hybridized carbons (Fsp3) is 0.533. The van der Waals surface area contributed by atoms with Gasteiger partial charge in [0.2, 0.25) is 0 Å². The summed E-state index contributed by atoms with van der Waals surface area (Å²) in [5.74, 6) is 0.749. The number of likely N-dealkylation sites (tertiary alicyclic amines) is 1. The Morgan fingerprint density at radius 2 is 2.05 bits per heavy atom. The summed E-state index contributed by atoms with van der Waals surface area (Å²) in [6.45, 7) is 4.17. The average Bonchev–Trinajstić information content (AvgIpc) is 2.89.